The third-order valence-electron chi connectivity index (χ3n) is 5.28. The van der Waals surface area contributed by atoms with Crippen LogP contribution in [0.25, 0.3) is 0 Å². The van der Waals surface area contributed by atoms with Crippen molar-refractivity contribution in [3.05, 3.63) is 0 Å². The van der Waals surface area contributed by atoms with Gasteiger partial charge < -0.3 is 20.5 Å². The molecule has 2 aliphatic rings. The molecule has 1 heterocycles. The summed E-state index contributed by atoms with van der Waals surface area (Å²) in [6, 6.07) is 0. The number of hydrogen-bond donors (Lipinski definition) is 3. The van der Waals surface area contributed by atoms with Gasteiger partial charge in [-0.15, -0.1) is 24.0 Å². The van der Waals surface area contributed by atoms with Crippen molar-refractivity contribution in [3.63, 3.8) is 0 Å². The van der Waals surface area contributed by atoms with Crippen molar-refractivity contribution in [1.82, 2.24) is 10.6 Å². The van der Waals surface area contributed by atoms with Gasteiger partial charge in [0.2, 0.25) is 0 Å². The predicted octanol–water partition coefficient (Wildman–Crippen LogP) is 2.38. The molecule has 1 aliphatic carbocycles. The number of nitrogens with zero attached hydrogens (tertiary/aromatic N) is 1. The number of halogens is 1. The van der Waals surface area contributed by atoms with E-state index in [1.54, 1.807) is 0 Å². The highest BCUT2D eigenvalue weighted by atomic mass is 127. The third kappa shape index (κ3) is 6.74. The van der Waals surface area contributed by atoms with Crippen LogP contribution in [0.2, 0.25) is 0 Å². The molecular formula is C17H34IN3O2. The zero-order valence-electron chi connectivity index (χ0n) is 14.6. The summed E-state index contributed by atoms with van der Waals surface area (Å²) in [6.07, 6.45) is 7.20. The quantitative estimate of drug-likeness (QED) is 0.338. The maximum absolute atomic E-state index is 9.28. The van der Waals surface area contributed by atoms with Gasteiger partial charge in [0.1, 0.15) is 0 Å². The van der Waals surface area contributed by atoms with Crippen LogP contribution in [-0.2, 0) is 4.74 Å². The summed E-state index contributed by atoms with van der Waals surface area (Å²) in [5, 5.41) is 16.2. The first-order valence-corrected chi connectivity index (χ1v) is 8.80. The fourth-order valence-corrected chi connectivity index (χ4v) is 3.79. The molecule has 1 aliphatic heterocycles. The Morgan fingerprint density at radius 2 is 2.17 bits per heavy atom. The summed E-state index contributed by atoms with van der Waals surface area (Å²) < 4.78 is 5.53. The molecule has 0 aromatic carbocycles. The van der Waals surface area contributed by atoms with Crippen molar-refractivity contribution >= 4 is 29.9 Å². The molecule has 0 amide bonds. The van der Waals surface area contributed by atoms with Gasteiger partial charge in [-0.05, 0) is 37.5 Å². The lowest BCUT2D eigenvalue weighted by molar-refractivity contribution is 0.127. The molecule has 2 fully saturated rings. The van der Waals surface area contributed by atoms with Crippen molar-refractivity contribution in [1.29, 1.82) is 0 Å². The normalized spacial score (nSPS) is 31.5. The number of guanidine groups is 1. The number of aliphatic hydroxyl groups is 1. The molecule has 3 unspecified atom stereocenters. The molecule has 136 valence electrons. The predicted molar refractivity (Wildman–Crippen MR) is 105 cm³/mol. The van der Waals surface area contributed by atoms with E-state index in [9.17, 15) is 5.11 Å². The topological polar surface area (TPSA) is 65.9 Å². The van der Waals surface area contributed by atoms with Crippen molar-refractivity contribution in [2.24, 2.45) is 22.2 Å². The number of hydrogen-bond acceptors (Lipinski definition) is 3. The first-order chi connectivity index (χ1) is 10.7. The second kappa shape index (κ2) is 10.7. The van der Waals surface area contributed by atoms with E-state index < -0.39 is 0 Å². The first kappa shape index (κ1) is 21.0. The van der Waals surface area contributed by atoms with E-state index in [1.807, 2.05) is 7.05 Å². The first-order valence-electron chi connectivity index (χ1n) is 8.80. The zero-order valence-corrected chi connectivity index (χ0v) is 17.0. The van der Waals surface area contributed by atoms with E-state index >= 15 is 0 Å². The molecule has 1 saturated heterocycles. The fraction of sp³-hybridized carbons (Fsp3) is 0.941. The molecule has 23 heavy (non-hydrogen) atoms. The summed E-state index contributed by atoms with van der Waals surface area (Å²) in [5.74, 6) is 2.50. The van der Waals surface area contributed by atoms with E-state index in [-0.39, 0.29) is 36.0 Å². The molecule has 6 heteroatoms. The number of nitrogens with one attached hydrogen (secondary N) is 2. The molecule has 1 saturated carbocycles. The van der Waals surface area contributed by atoms with Crippen LogP contribution in [0.1, 0.15) is 45.4 Å². The van der Waals surface area contributed by atoms with Gasteiger partial charge in [-0.25, -0.2) is 0 Å². The molecular weight excluding hydrogens is 405 g/mol. The fourth-order valence-electron chi connectivity index (χ4n) is 3.79. The van der Waals surface area contributed by atoms with E-state index in [0.717, 1.165) is 56.9 Å². The lowest BCUT2D eigenvalue weighted by Gasteiger charge is -2.29. The van der Waals surface area contributed by atoms with Gasteiger partial charge in [-0.3, -0.25) is 4.99 Å². The van der Waals surface area contributed by atoms with Crippen LogP contribution in [0.5, 0.6) is 0 Å². The molecule has 3 atom stereocenters. The Kier molecular flexibility index (Phi) is 9.77. The summed E-state index contributed by atoms with van der Waals surface area (Å²) in [5.41, 5.74) is 0.0612. The largest absolute Gasteiger partial charge is 0.396 e. The average molecular weight is 439 g/mol. The summed E-state index contributed by atoms with van der Waals surface area (Å²) in [7, 11) is 1.82. The molecule has 5 nitrogen and oxygen atoms in total. The number of aliphatic imine (C=N–C) groups is 1. The van der Waals surface area contributed by atoms with Crippen LogP contribution in [-0.4, -0.2) is 51.0 Å². The number of aliphatic hydroxyl groups excluding tert-OH is 1. The summed E-state index contributed by atoms with van der Waals surface area (Å²) in [4.78, 5) is 4.33. The van der Waals surface area contributed by atoms with Gasteiger partial charge in [0.15, 0.2) is 5.96 Å². The Bertz CT molecular complexity index is 360. The molecule has 2 rings (SSSR count). The van der Waals surface area contributed by atoms with Crippen LogP contribution in [0.3, 0.4) is 0 Å². The monoisotopic (exact) mass is 439 g/mol. The second-order valence-electron chi connectivity index (χ2n) is 7.22. The Hall–Kier alpha value is -0.0800. The minimum Gasteiger partial charge on any atom is -0.396 e. The van der Waals surface area contributed by atoms with Crippen molar-refractivity contribution < 1.29 is 9.84 Å². The molecule has 0 bridgehead atoms. The van der Waals surface area contributed by atoms with Crippen molar-refractivity contribution in [2.45, 2.75) is 45.4 Å². The highest BCUT2D eigenvalue weighted by molar-refractivity contribution is 14.0. The van der Waals surface area contributed by atoms with Gasteiger partial charge in [-0.1, -0.05) is 19.8 Å². The molecule has 3 N–H and O–H groups in total. The van der Waals surface area contributed by atoms with Crippen LogP contribution in [0.4, 0.5) is 0 Å². The van der Waals surface area contributed by atoms with Crippen LogP contribution in [0.15, 0.2) is 4.99 Å². The molecule has 0 aromatic rings. The third-order valence-corrected chi connectivity index (χ3v) is 5.28. The minimum absolute atomic E-state index is 0. The van der Waals surface area contributed by atoms with Crippen molar-refractivity contribution in [2.75, 3.05) is 40.0 Å². The Morgan fingerprint density at radius 1 is 1.35 bits per heavy atom. The van der Waals surface area contributed by atoms with Gasteiger partial charge in [0, 0.05) is 38.8 Å². The number of ether oxygens (including phenoxy) is 1. The van der Waals surface area contributed by atoms with E-state index in [4.69, 9.17) is 4.74 Å². The minimum atomic E-state index is 0. The van der Waals surface area contributed by atoms with Gasteiger partial charge in [0.05, 0.1) is 6.61 Å². The van der Waals surface area contributed by atoms with Crippen molar-refractivity contribution in [3.8, 4) is 0 Å². The average Bonchev–Trinajstić information content (AvgIpc) is 2.97. The van der Waals surface area contributed by atoms with Gasteiger partial charge in [0.25, 0.3) is 0 Å². The van der Waals surface area contributed by atoms with Crippen LogP contribution < -0.4 is 10.6 Å². The van der Waals surface area contributed by atoms with E-state index in [0.29, 0.717) is 0 Å². The lowest BCUT2D eigenvalue weighted by atomic mass is 9.82. The maximum atomic E-state index is 9.28. The maximum Gasteiger partial charge on any atom is 0.191 e. The molecule has 0 spiro atoms. The standard InChI is InChI=1S/C17H33N3O2.HI/c1-14-4-3-5-15(10-14)11-19-16(18-2)20-12-17(6-8-21)7-9-22-13-17;/h14-15,21H,3-13H2,1-2H3,(H2,18,19,20);1H. The molecule has 0 aromatic heterocycles. The van der Waals surface area contributed by atoms with Gasteiger partial charge in [-0.2, -0.15) is 0 Å². The highest BCUT2D eigenvalue weighted by Crippen LogP contribution is 2.31. The summed E-state index contributed by atoms with van der Waals surface area (Å²) in [6.45, 7) is 5.93. The Balaban J connectivity index is 0.00000264. The molecule has 0 radical (unpaired) electrons. The smallest absolute Gasteiger partial charge is 0.191 e. The highest BCUT2D eigenvalue weighted by Gasteiger charge is 2.34. The lowest BCUT2D eigenvalue weighted by Crippen LogP contribution is -2.45. The second-order valence-corrected chi connectivity index (χ2v) is 7.22. The van der Waals surface area contributed by atoms with Crippen LogP contribution >= 0.6 is 24.0 Å². The van der Waals surface area contributed by atoms with E-state index in [2.05, 4.69) is 22.5 Å². The number of rotatable bonds is 6. The summed E-state index contributed by atoms with van der Waals surface area (Å²) >= 11 is 0. The van der Waals surface area contributed by atoms with Crippen LogP contribution in [0, 0.1) is 17.3 Å². The van der Waals surface area contributed by atoms with Gasteiger partial charge >= 0.3 is 0 Å². The van der Waals surface area contributed by atoms with E-state index in [1.165, 1.54) is 25.7 Å². The Labute approximate surface area is 158 Å². The SMILES string of the molecule is CN=C(NCC1CCCC(C)C1)NCC1(CCO)CCOC1.I. The zero-order chi connectivity index (χ0) is 15.8. The Morgan fingerprint density at radius 3 is 2.78 bits per heavy atom.